The van der Waals surface area contributed by atoms with Gasteiger partial charge in [-0.1, -0.05) is 30.3 Å². The first kappa shape index (κ1) is 14.0. The zero-order valence-electron chi connectivity index (χ0n) is 11.0. The van der Waals surface area contributed by atoms with Gasteiger partial charge in [0.1, 0.15) is 0 Å². The van der Waals surface area contributed by atoms with E-state index < -0.39 is 18.0 Å². The Balaban J connectivity index is 1.95. The predicted octanol–water partition coefficient (Wildman–Crippen LogP) is 2.29. The summed E-state index contributed by atoms with van der Waals surface area (Å²) in [5.41, 5.74) is 0.909. The number of benzene rings is 1. The Morgan fingerprint density at radius 1 is 1.14 bits per heavy atom. The number of rotatable bonds is 2. The third-order valence-electron chi connectivity index (χ3n) is 3.52. The molecule has 1 aliphatic heterocycles. The lowest BCUT2D eigenvalue weighted by Crippen LogP contribution is -2.38. The van der Waals surface area contributed by atoms with Gasteiger partial charge in [0.2, 0.25) is 5.82 Å². The fourth-order valence-corrected chi connectivity index (χ4v) is 2.52. The highest BCUT2D eigenvalue weighted by Gasteiger charge is 2.41. The summed E-state index contributed by atoms with van der Waals surface area (Å²) < 4.78 is 39.6. The van der Waals surface area contributed by atoms with Crippen LogP contribution in [0.15, 0.2) is 30.3 Å². The summed E-state index contributed by atoms with van der Waals surface area (Å²) >= 11 is 0. The second kappa shape index (κ2) is 5.12. The Hall–Kier alpha value is -1.93. The van der Waals surface area contributed by atoms with Crippen LogP contribution in [-0.4, -0.2) is 31.6 Å². The van der Waals surface area contributed by atoms with Crippen molar-refractivity contribution in [2.24, 2.45) is 0 Å². The first-order chi connectivity index (χ1) is 9.97. The van der Waals surface area contributed by atoms with Crippen molar-refractivity contribution >= 4 is 0 Å². The second-order valence-corrected chi connectivity index (χ2v) is 4.90. The van der Waals surface area contributed by atoms with Crippen molar-refractivity contribution < 1.29 is 18.4 Å². The van der Waals surface area contributed by atoms with Gasteiger partial charge in [-0.2, -0.15) is 18.2 Å². The maximum Gasteiger partial charge on any atom is 0.451 e. The number of halogens is 3. The minimum absolute atomic E-state index is 0.0129. The normalized spacial score (nSPS) is 19.5. The Morgan fingerprint density at radius 3 is 2.52 bits per heavy atom. The maximum absolute atomic E-state index is 12.9. The van der Waals surface area contributed by atoms with Gasteiger partial charge in [0, 0.05) is 13.1 Å². The molecule has 1 aliphatic rings. The van der Waals surface area contributed by atoms with Crippen molar-refractivity contribution in [2.45, 2.75) is 25.2 Å². The van der Waals surface area contributed by atoms with Crippen molar-refractivity contribution in [1.82, 2.24) is 19.8 Å². The zero-order chi connectivity index (χ0) is 15.0. The van der Waals surface area contributed by atoms with Gasteiger partial charge >= 0.3 is 6.18 Å². The molecule has 0 spiro atoms. The van der Waals surface area contributed by atoms with E-state index in [2.05, 4.69) is 10.2 Å². The van der Waals surface area contributed by atoms with Crippen LogP contribution in [0.2, 0.25) is 0 Å². The molecule has 1 unspecified atom stereocenters. The van der Waals surface area contributed by atoms with E-state index in [9.17, 15) is 18.4 Å². The highest BCUT2D eigenvalue weighted by Crippen LogP contribution is 2.33. The first-order valence-corrected chi connectivity index (χ1v) is 6.46. The van der Waals surface area contributed by atoms with Gasteiger partial charge in [0.25, 0.3) is 0 Å². The Labute approximate surface area is 118 Å². The Kier molecular flexibility index (Phi) is 3.42. The minimum atomic E-state index is -4.54. The van der Waals surface area contributed by atoms with E-state index in [1.807, 2.05) is 30.3 Å². The van der Waals surface area contributed by atoms with Crippen molar-refractivity contribution in [3.8, 4) is 0 Å². The van der Waals surface area contributed by atoms with Crippen LogP contribution in [0, 0.1) is 0 Å². The number of alkyl halides is 3. The van der Waals surface area contributed by atoms with E-state index >= 15 is 0 Å². The molecular weight excluding hydrogens is 285 g/mol. The lowest BCUT2D eigenvalue weighted by atomic mass is 10.0. The van der Waals surface area contributed by atoms with Crippen LogP contribution in [0.1, 0.15) is 23.3 Å². The summed E-state index contributed by atoms with van der Waals surface area (Å²) in [4.78, 5) is 0. The summed E-state index contributed by atoms with van der Waals surface area (Å²) in [5, 5.41) is 17.9. The number of nitrogens with zero attached hydrogens (tertiary/aromatic N) is 4. The Morgan fingerprint density at radius 2 is 1.86 bits per heavy atom. The topological polar surface area (TPSA) is 54.2 Å². The van der Waals surface area contributed by atoms with E-state index in [1.165, 1.54) is 0 Å². The number of hydrogen-bond donors (Lipinski definition) is 1. The predicted molar refractivity (Wildman–Crippen MR) is 66.4 cm³/mol. The van der Waals surface area contributed by atoms with Crippen LogP contribution in [-0.2, 0) is 19.1 Å². The fraction of sp³-hybridized carbons (Fsp3) is 0.385. The van der Waals surface area contributed by atoms with E-state index in [-0.39, 0.29) is 18.9 Å². The molecule has 0 fully saturated rings. The zero-order valence-corrected chi connectivity index (χ0v) is 11.0. The van der Waals surface area contributed by atoms with Crippen molar-refractivity contribution in [2.75, 3.05) is 6.54 Å². The number of hydroxylamine groups is 2. The highest BCUT2D eigenvalue weighted by molar-refractivity contribution is 5.18. The third kappa shape index (κ3) is 2.64. The second-order valence-electron chi connectivity index (χ2n) is 4.90. The molecule has 2 aromatic rings. The summed E-state index contributed by atoms with van der Waals surface area (Å²) in [6.45, 7) is 0.116. The van der Waals surface area contributed by atoms with Crippen molar-refractivity contribution in [1.29, 1.82) is 0 Å². The summed E-state index contributed by atoms with van der Waals surface area (Å²) in [5.74, 6) is -0.872. The van der Waals surface area contributed by atoms with Crippen LogP contribution in [0.3, 0.4) is 0 Å². The van der Waals surface area contributed by atoms with Crippen molar-refractivity contribution in [3.05, 3.63) is 47.5 Å². The maximum atomic E-state index is 12.9. The van der Waals surface area contributed by atoms with E-state index in [0.29, 0.717) is 6.42 Å². The molecule has 5 nitrogen and oxygen atoms in total. The van der Waals surface area contributed by atoms with Gasteiger partial charge in [-0.05, 0) is 12.0 Å². The number of hydrogen-bond acceptors (Lipinski definition) is 4. The van der Waals surface area contributed by atoms with Gasteiger partial charge in [0.05, 0.1) is 6.04 Å². The van der Waals surface area contributed by atoms with Crippen LogP contribution in [0.5, 0.6) is 0 Å². The van der Waals surface area contributed by atoms with Crippen LogP contribution in [0.25, 0.3) is 0 Å². The van der Waals surface area contributed by atoms with E-state index in [0.717, 1.165) is 15.2 Å². The molecule has 2 heterocycles. The molecule has 0 aliphatic carbocycles. The molecular formula is C13H13F3N4O. The van der Waals surface area contributed by atoms with Gasteiger partial charge in [-0.25, -0.2) is 0 Å². The summed E-state index contributed by atoms with van der Waals surface area (Å²) in [6.07, 6.45) is -4.17. The number of fused-ring (bicyclic) bond motifs is 1. The molecule has 21 heavy (non-hydrogen) atoms. The van der Waals surface area contributed by atoms with Crippen LogP contribution in [0.4, 0.5) is 13.2 Å². The summed E-state index contributed by atoms with van der Waals surface area (Å²) in [7, 11) is 0. The monoisotopic (exact) mass is 298 g/mol. The Bertz CT molecular complexity index is 626. The molecule has 3 rings (SSSR count). The lowest BCUT2D eigenvalue weighted by molar-refractivity contribution is -0.158. The van der Waals surface area contributed by atoms with Crippen LogP contribution < -0.4 is 0 Å². The number of aromatic nitrogens is 3. The minimum Gasteiger partial charge on any atom is -0.313 e. The van der Waals surface area contributed by atoms with Crippen LogP contribution >= 0.6 is 0 Å². The third-order valence-corrected chi connectivity index (χ3v) is 3.52. The van der Waals surface area contributed by atoms with Gasteiger partial charge in [0.15, 0.2) is 5.82 Å². The quantitative estimate of drug-likeness (QED) is 0.924. The molecule has 112 valence electrons. The van der Waals surface area contributed by atoms with E-state index in [1.54, 1.807) is 0 Å². The average Bonchev–Trinajstić information content (AvgIpc) is 2.87. The van der Waals surface area contributed by atoms with Gasteiger partial charge in [-0.15, -0.1) is 10.2 Å². The van der Waals surface area contributed by atoms with Crippen molar-refractivity contribution in [3.63, 3.8) is 0 Å². The molecule has 0 radical (unpaired) electrons. The smallest absolute Gasteiger partial charge is 0.313 e. The average molecular weight is 298 g/mol. The molecule has 8 heteroatoms. The molecule has 1 atom stereocenters. The molecule has 1 N–H and O–H groups in total. The largest absolute Gasteiger partial charge is 0.451 e. The molecule has 0 bridgehead atoms. The highest BCUT2D eigenvalue weighted by atomic mass is 19.4. The van der Waals surface area contributed by atoms with E-state index in [4.69, 9.17) is 0 Å². The van der Waals surface area contributed by atoms with Gasteiger partial charge < -0.3 is 9.77 Å². The molecule has 1 aromatic heterocycles. The molecule has 0 saturated heterocycles. The van der Waals surface area contributed by atoms with Gasteiger partial charge in [-0.3, -0.25) is 0 Å². The lowest BCUT2D eigenvalue weighted by Gasteiger charge is -2.31. The molecule has 0 amide bonds. The summed E-state index contributed by atoms with van der Waals surface area (Å²) in [6, 6.07) is 8.61. The molecule has 1 aromatic carbocycles. The fourth-order valence-electron chi connectivity index (χ4n) is 2.52. The SMILES string of the molecule is ON1CCn2c(nnc2C(F)(F)F)C1Cc1ccccc1. The molecule has 0 saturated carbocycles. The first-order valence-electron chi connectivity index (χ1n) is 6.46. The standard InChI is InChI=1S/C13H13F3N4O/c14-13(15,16)12-18-17-11-10(20(21)7-6-19(11)12)8-9-4-2-1-3-5-9/h1-5,10,21H,6-8H2.